The zero-order valence-corrected chi connectivity index (χ0v) is 11.7. The first-order chi connectivity index (χ1) is 9.49. The van der Waals surface area contributed by atoms with Gasteiger partial charge in [-0.05, 0) is 18.2 Å². The van der Waals surface area contributed by atoms with Crippen molar-refractivity contribution < 1.29 is 9.59 Å². The molecule has 0 aliphatic carbocycles. The van der Waals surface area contributed by atoms with Gasteiger partial charge in [0.05, 0.1) is 22.3 Å². The fraction of sp³-hybridized carbons (Fsp3) is 0.154. The summed E-state index contributed by atoms with van der Waals surface area (Å²) in [5, 5.41) is 9.27. The monoisotopic (exact) mass is 292 g/mol. The van der Waals surface area contributed by atoms with Crippen molar-refractivity contribution in [1.29, 1.82) is 0 Å². The number of aromatic nitrogens is 2. The van der Waals surface area contributed by atoms with Gasteiger partial charge in [0, 0.05) is 26.0 Å². The lowest BCUT2D eigenvalue weighted by Gasteiger charge is -2.13. The van der Waals surface area contributed by atoms with Gasteiger partial charge in [-0.3, -0.25) is 14.7 Å². The summed E-state index contributed by atoms with van der Waals surface area (Å²) in [4.78, 5) is 25.2. The van der Waals surface area contributed by atoms with Crippen LogP contribution in [0.4, 0.5) is 5.69 Å². The summed E-state index contributed by atoms with van der Waals surface area (Å²) in [6.07, 6.45) is 2.90. The number of nitrogens with zero attached hydrogens (tertiary/aromatic N) is 2. The largest absolute Gasteiger partial charge is 0.345 e. The minimum Gasteiger partial charge on any atom is -0.345 e. The van der Waals surface area contributed by atoms with Crippen molar-refractivity contribution in [2.24, 2.45) is 0 Å². The first-order valence-electron chi connectivity index (χ1n) is 5.80. The summed E-state index contributed by atoms with van der Waals surface area (Å²) in [6.45, 7) is 0. The number of nitrogens with one attached hydrogen (secondary N) is 2. The zero-order chi connectivity index (χ0) is 14.7. The molecule has 1 heterocycles. The quantitative estimate of drug-likeness (QED) is 0.908. The molecule has 2 rings (SSSR count). The lowest BCUT2D eigenvalue weighted by atomic mass is 10.1. The molecule has 1 aromatic heterocycles. The van der Waals surface area contributed by atoms with Gasteiger partial charge in [0.15, 0.2) is 0 Å². The number of carbonyl (C=O) groups is 2. The molecule has 0 aliphatic rings. The highest BCUT2D eigenvalue weighted by Crippen LogP contribution is 2.22. The van der Waals surface area contributed by atoms with Gasteiger partial charge >= 0.3 is 0 Å². The third-order valence-electron chi connectivity index (χ3n) is 2.62. The molecule has 0 atom stereocenters. The van der Waals surface area contributed by atoms with Gasteiger partial charge in [-0.25, -0.2) is 0 Å². The lowest BCUT2D eigenvalue weighted by molar-refractivity contribution is 0.0827. The summed E-state index contributed by atoms with van der Waals surface area (Å²) in [5.74, 6) is -0.543. The Morgan fingerprint density at radius 3 is 2.70 bits per heavy atom. The number of benzene rings is 1. The molecule has 6 nitrogen and oxygen atoms in total. The average molecular weight is 293 g/mol. The molecule has 0 unspecified atom stereocenters. The van der Waals surface area contributed by atoms with Crippen LogP contribution < -0.4 is 5.32 Å². The maximum atomic E-state index is 11.9. The molecule has 104 valence electrons. The smallest absolute Gasteiger partial charge is 0.258 e. The second-order valence-corrected chi connectivity index (χ2v) is 4.74. The summed E-state index contributed by atoms with van der Waals surface area (Å²) in [5.41, 5.74) is 1.23. The van der Waals surface area contributed by atoms with Crippen molar-refractivity contribution in [2.75, 3.05) is 19.4 Å². The van der Waals surface area contributed by atoms with E-state index in [1.54, 1.807) is 32.3 Å². The molecule has 0 bridgehead atoms. The number of hydrogen-bond donors (Lipinski definition) is 2. The summed E-state index contributed by atoms with van der Waals surface area (Å²) >= 11 is 6.00. The molecule has 20 heavy (non-hydrogen) atoms. The van der Waals surface area contributed by atoms with Gasteiger partial charge in [0.1, 0.15) is 0 Å². The van der Waals surface area contributed by atoms with Gasteiger partial charge in [-0.15, -0.1) is 0 Å². The number of halogens is 1. The number of H-pyrrole nitrogens is 1. The van der Waals surface area contributed by atoms with Crippen molar-refractivity contribution in [3.8, 4) is 0 Å². The predicted octanol–water partition coefficient (Wildman–Crippen LogP) is 2.02. The Kier molecular flexibility index (Phi) is 4.05. The van der Waals surface area contributed by atoms with Crippen molar-refractivity contribution in [2.45, 2.75) is 0 Å². The molecule has 0 saturated carbocycles. The van der Waals surface area contributed by atoms with Crippen LogP contribution in [0.2, 0.25) is 5.02 Å². The van der Waals surface area contributed by atoms with Crippen LogP contribution >= 0.6 is 11.6 Å². The highest BCUT2D eigenvalue weighted by Gasteiger charge is 2.14. The normalized spacial score (nSPS) is 10.2. The SMILES string of the molecule is CN(C)C(=O)c1cc(NC(=O)c2cn[nH]c2)ccc1Cl. The third-order valence-corrected chi connectivity index (χ3v) is 2.95. The molecule has 1 aromatic carbocycles. The van der Waals surface area contributed by atoms with Crippen LogP contribution in [0.3, 0.4) is 0 Å². The molecule has 0 fully saturated rings. The number of hydrogen-bond acceptors (Lipinski definition) is 3. The van der Waals surface area contributed by atoms with E-state index in [1.165, 1.54) is 17.3 Å². The highest BCUT2D eigenvalue weighted by molar-refractivity contribution is 6.34. The third kappa shape index (κ3) is 2.97. The average Bonchev–Trinajstić information content (AvgIpc) is 2.94. The van der Waals surface area contributed by atoms with Crippen LogP contribution in [0.1, 0.15) is 20.7 Å². The Labute approximate surface area is 120 Å². The first-order valence-corrected chi connectivity index (χ1v) is 6.18. The summed E-state index contributed by atoms with van der Waals surface area (Å²) in [6, 6.07) is 4.75. The van der Waals surface area contributed by atoms with Crippen molar-refractivity contribution in [3.63, 3.8) is 0 Å². The highest BCUT2D eigenvalue weighted by atomic mass is 35.5. The Bertz CT molecular complexity index is 638. The summed E-state index contributed by atoms with van der Waals surface area (Å²) < 4.78 is 0. The van der Waals surface area contributed by atoms with Gasteiger partial charge in [-0.2, -0.15) is 5.10 Å². The molecule has 0 saturated heterocycles. The standard InChI is InChI=1S/C13H13ClN4O2/c1-18(2)13(20)10-5-9(3-4-11(10)14)17-12(19)8-6-15-16-7-8/h3-7H,1-2H3,(H,15,16)(H,17,19). The number of rotatable bonds is 3. The minimum absolute atomic E-state index is 0.227. The molecular weight excluding hydrogens is 280 g/mol. The minimum atomic E-state index is -0.315. The number of aromatic amines is 1. The second kappa shape index (κ2) is 5.75. The van der Waals surface area contributed by atoms with Crippen molar-refractivity contribution in [1.82, 2.24) is 15.1 Å². The lowest BCUT2D eigenvalue weighted by Crippen LogP contribution is -2.22. The van der Waals surface area contributed by atoms with Crippen molar-refractivity contribution >= 4 is 29.1 Å². The molecule has 2 aromatic rings. The molecule has 2 N–H and O–H groups in total. The van der Waals surface area contributed by atoms with Gasteiger partial charge < -0.3 is 10.2 Å². The molecular formula is C13H13ClN4O2. The van der Waals surface area contributed by atoms with Crippen LogP contribution in [0.25, 0.3) is 0 Å². The molecule has 0 spiro atoms. The fourth-order valence-electron chi connectivity index (χ4n) is 1.59. The number of carbonyl (C=O) groups excluding carboxylic acids is 2. The van der Waals surface area contributed by atoms with E-state index in [9.17, 15) is 9.59 Å². The van der Waals surface area contributed by atoms with E-state index < -0.39 is 0 Å². The van der Waals surface area contributed by atoms with Crippen LogP contribution in [-0.4, -0.2) is 41.0 Å². The Morgan fingerprint density at radius 1 is 1.35 bits per heavy atom. The van der Waals surface area contributed by atoms with E-state index in [1.807, 2.05) is 0 Å². The van der Waals surface area contributed by atoms with Gasteiger partial charge in [-0.1, -0.05) is 11.6 Å². The second-order valence-electron chi connectivity index (χ2n) is 4.34. The van der Waals surface area contributed by atoms with E-state index in [0.717, 1.165) is 0 Å². The number of anilines is 1. The number of amides is 2. The molecule has 7 heteroatoms. The Hall–Kier alpha value is -2.34. The summed E-state index contributed by atoms with van der Waals surface area (Å²) in [7, 11) is 3.27. The predicted molar refractivity (Wildman–Crippen MR) is 76.0 cm³/mol. The molecule has 0 aliphatic heterocycles. The van der Waals surface area contributed by atoms with E-state index in [-0.39, 0.29) is 11.8 Å². The van der Waals surface area contributed by atoms with Crippen LogP contribution in [0.5, 0.6) is 0 Å². The van der Waals surface area contributed by atoms with Crippen LogP contribution in [-0.2, 0) is 0 Å². The van der Waals surface area contributed by atoms with E-state index in [0.29, 0.717) is 21.8 Å². The molecule has 0 radical (unpaired) electrons. The van der Waals surface area contributed by atoms with E-state index >= 15 is 0 Å². The maximum absolute atomic E-state index is 11.9. The zero-order valence-electron chi connectivity index (χ0n) is 11.0. The maximum Gasteiger partial charge on any atom is 0.258 e. The van der Waals surface area contributed by atoms with E-state index in [4.69, 9.17) is 11.6 Å². The fourth-order valence-corrected chi connectivity index (χ4v) is 1.78. The van der Waals surface area contributed by atoms with E-state index in [2.05, 4.69) is 15.5 Å². The topological polar surface area (TPSA) is 78.1 Å². The van der Waals surface area contributed by atoms with Crippen LogP contribution in [0, 0.1) is 0 Å². The first kappa shape index (κ1) is 14.1. The molecule has 2 amide bonds. The van der Waals surface area contributed by atoms with Gasteiger partial charge in [0.2, 0.25) is 0 Å². The van der Waals surface area contributed by atoms with Crippen LogP contribution in [0.15, 0.2) is 30.6 Å². The van der Waals surface area contributed by atoms with Crippen molar-refractivity contribution in [3.05, 3.63) is 46.7 Å². The Balaban J connectivity index is 2.24. The Morgan fingerprint density at radius 2 is 2.10 bits per heavy atom. The van der Waals surface area contributed by atoms with Gasteiger partial charge in [0.25, 0.3) is 11.8 Å².